The van der Waals surface area contributed by atoms with Crippen molar-refractivity contribution in [2.45, 2.75) is 59.6 Å². The zero-order valence-corrected chi connectivity index (χ0v) is 18.1. The summed E-state index contributed by atoms with van der Waals surface area (Å²) < 4.78 is 10.1. The molecule has 1 aromatic rings. The highest BCUT2D eigenvalue weighted by molar-refractivity contribution is 5.98. The lowest BCUT2D eigenvalue weighted by Crippen LogP contribution is -2.46. The third-order valence-corrected chi connectivity index (χ3v) is 3.62. The number of non-ortho nitro benzene ring substituents is 1. The van der Waals surface area contributed by atoms with Crippen molar-refractivity contribution in [3.63, 3.8) is 0 Å². The monoisotopic (exact) mass is 423 g/mol. The second-order valence-corrected chi connectivity index (χ2v) is 8.06. The number of carbonyl (C=O) groups excluding carboxylic acids is 3. The largest absolute Gasteiger partial charge is 0.462 e. The highest BCUT2D eigenvalue weighted by atomic mass is 16.6. The highest BCUT2D eigenvalue weighted by Gasteiger charge is 2.26. The van der Waals surface area contributed by atoms with E-state index in [2.05, 4.69) is 10.6 Å². The van der Waals surface area contributed by atoms with Crippen LogP contribution in [0.2, 0.25) is 0 Å². The summed E-state index contributed by atoms with van der Waals surface area (Å²) in [6, 6.07) is 2.53. The van der Waals surface area contributed by atoms with E-state index in [1.165, 1.54) is 6.07 Å². The number of amides is 2. The van der Waals surface area contributed by atoms with E-state index in [9.17, 15) is 24.5 Å². The van der Waals surface area contributed by atoms with Gasteiger partial charge in [0.1, 0.15) is 11.6 Å². The normalized spacial score (nSPS) is 12.1. The van der Waals surface area contributed by atoms with Crippen LogP contribution in [0.25, 0.3) is 0 Å². The van der Waals surface area contributed by atoms with E-state index in [1.807, 2.05) is 13.8 Å². The molecular weight excluding hydrogens is 394 g/mol. The minimum atomic E-state index is -0.940. The highest BCUT2D eigenvalue weighted by Crippen LogP contribution is 2.22. The van der Waals surface area contributed by atoms with Crippen molar-refractivity contribution in [3.8, 4) is 0 Å². The molecule has 0 spiro atoms. The van der Waals surface area contributed by atoms with Crippen molar-refractivity contribution >= 4 is 29.3 Å². The Hall–Kier alpha value is -3.17. The fourth-order valence-corrected chi connectivity index (χ4v) is 2.50. The number of esters is 1. The maximum absolute atomic E-state index is 12.8. The number of benzene rings is 1. The number of anilines is 1. The lowest BCUT2D eigenvalue weighted by molar-refractivity contribution is -0.384. The molecular formula is C20H29N3O7. The average molecular weight is 423 g/mol. The Bertz CT molecular complexity index is 800. The lowest BCUT2D eigenvalue weighted by atomic mass is 10.0. The fourth-order valence-electron chi connectivity index (χ4n) is 2.50. The molecule has 10 heteroatoms. The third kappa shape index (κ3) is 8.46. The van der Waals surface area contributed by atoms with Crippen LogP contribution in [0.5, 0.6) is 0 Å². The van der Waals surface area contributed by atoms with Crippen molar-refractivity contribution in [2.75, 3.05) is 11.9 Å². The molecule has 166 valence electrons. The van der Waals surface area contributed by atoms with Gasteiger partial charge in [-0.1, -0.05) is 13.8 Å². The van der Waals surface area contributed by atoms with Gasteiger partial charge in [-0.2, -0.15) is 0 Å². The number of nitrogens with zero attached hydrogens (tertiary/aromatic N) is 1. The molecule has 10 nitrogen and oxygen atoms in total. The van der Waals surface area contributed by atoms with Crippen LogP contribution in [0.1, 0.15) is 58.3 Å². The molecule has 1 atom stereocenters. The topological polar surface area (TPSA) is 137 Å². The minimum Gasteiger partial charge on any atom is -0.462 e. The van der Waals surface area contributed by atoms with Crippen molar-refractivity contribution in [1.29, 1.82) is 0 Å². The zero-order valence-electron chi connectivity index (χ0n) is 18.1. The van der Waals surface area contributed by atoms with Gasteiger partial charge in [-0.25, -0.2) is 9.59 Å². The second-order valence-electron chi connectivity index (χ2n) is 8.06. The van der Waals surface area contributed by atoms with Crippen molar-refractivity contribution in [2.24, 2.45) is 5.92 Å². The summed E-state index contributed by atoms with van der Waals surface area (Å²) in [6.45, 7) is 10.6. The number of nitro groups is 1. The summed E-state index contributed by atoms with van der Waals surface area (Å²) >= 11 is 0. The van der Waals surface area contributed by atoms with Crippen LogP contribution in [-0.4, -0.2) is 41.1 Å². The van der Waals surface area contributed by atoms with Crippen LogP contribution in [0.3, 0.4) is 0 Å². The van der Waals surface area contributed by atoms with E-state index in [4.69, 9.17) is 9.47 Å². The van der Waals surface area contributed by atoms with E-state index >= 15 is 0 Å². The van der Waals surface area contributed by atoms with Crippen molar-refractivity contribution in [1.82, 2.24) is 5.32 Å². The van der Waals surface area contributed by atoms with Crippen LogP contribution >= 0.6 is 0 Å². The number of alkyl carbamates (subject to hydrolysis) is 1. The van der Waals surface area contributed by atoms with Gasteiger partial charge in [0.15, 0.2) is 0 Å². The summed E-state index contributed by atoms with van der Waals surface area (Å²) in [5, 5.41) is 16.2. The molecule has 0 fully saturated rings. The summed E-state index contributed by atoms with van der Waals surface area (Å²) in [4.78, 5) is 47.4. The Morgan fingerprint density at radius 2 is 1.80 bits per heavy atom. The molecule has 0 aliphatic carbocycles. The van der Waals surface area contributed by atoms with Crippen LogP contribution in [0.15, 0.2) is 18.2 Å². The number of rotatable bonds is 8. The van der Waals surface area contributed by atoms with Gasteiger partial charge in [0.25, 0.3) is 5.69 Å². The molecule has 0 aromatic heterocycles. The molecule has 2 N–H and O–H groups in total. The summed E-state index contributed by atoms with van der Waals surface area (Å²) in [5.41, 5.74) is -1.15. The third-order valence-electron chi connectivity index (χ3n) is 3.62. The first kappa shape index (κ1) is 24.9. The number of nitrogens with one attached hydrogen (secondary N) is 2. The van der Waals surface area contributed by atoms with Crippen molar-refractivity contribution < 1.29 is 28.8 Å². The van der Waals surface area contributed by atoms with E-state index in [0.717, 1.165) is 12.1 Å². The molecule has 0 saturated heterocycles. The first-order chi connectivity index (χ1) is 13.8. The summed E-state index contributed by atoms with van der Waals surface area (Å²) in [7, 11) is 0. The number of hydrogen-bond donors (Lipinski definition) is 2. The van der Waals surface area contributed by atoms with Gasteiger partial charge in [0.05, 0.1) is 17.1 Å². The van der Waals surface area contributed by atoms with Gasteiger partial charge in [0, 0.05) is 17.8 Å². The Kier molecular flexibility index (Phi) is 8.75. The van der Waals surface area contributed by atoms with Crippen LogP contribution in [0, 0.1) is 16.0 Å². The van der Waals surface area contributed by atoms with E-state index < -0.39 is 34.5 Å². The van der Waals surface area contributed by atoms with Gasteiger partial charge in [-0.15, -0.1) is 0 Å². The van der Waals surface area contributed by atoms with Gasteiger partial charge >= 0.3 is 12.1 Å². The smallest absolute Gasteiger partial charge is 0.408 e. The first-order valence-corrected chi connectivity index (χ1v) is 9.59. The van der Waals surface area contributed by atoms with Crippen LogP contribution < -0.4 is 10.6 Å². The number of nitro benzene ring substituents is 1. The predicted octanol–water partition coefficient (Wildman–Crippen LogP) is 3.65. The zero-order chi connectivity index (χ0) is 23.1. The Morgan fingerprint density at radius 3 is 2.30 bits per heavy atom. The number of ether oxygens (including phenoxy) is 2. The van der Waals surface area contributed by atoms with Gasteiger partial charge in [0.2, 0.25) is 5.91 Å². The van der Waals surface area contributed by atoms with Crippen LogP contribution in [0.4, 0.5) is 16.2 Å². The quantitative estimate of drug-likeness (QED) is 0.370. The number of carbonyl (C=O) groups is 3. The molecule has 2 amide bonds. The predicted molar refractivity (Wildman–Crippen MR) is 110 cm³/mol. The van der Waals surface area contributed by atoms with Gasteiger partial charge in [-0.05, 0) is 46.1 Å². The van der Waals surface area contributed by atoms with Crippen LogP contribution in [-0.2, 0) is 14.3 Å². The molecule has 0 aliphatic rings. The lowest BCUT2D eigenvalue weighted by Gasteiger charge is -2.24. The maximum Gasteiger partial charge on any atom is 0.408 e. The average Bonchev–Trinajstić information content (AvgIpc) is 2.58. The SMILES string of the molecule is CCOC(=O)c1cc(NC(=O)[C@H](CC(C)C)NC(=O)OC(C)(C)C)cc([N+](=O)[O-])c1. The Morgan fingerprint density at radius 1 is 1.17 bits per heavy atom. The minimum absolute atomic E-state index is 0.0389. The van der Waals surface area contributed by atoms with Gasteiger partial charge in [-0.3, -0.25) is 14.9 Å². The molecule has 0 radical (unpaired) electrons. The molecule has 30 heavy (non-hydrogen) atoms. The molecule has 0 unspecified atom stereocenters. The standard InChI is InChI=1S/C20H29N3O7/c1-7-29-18(25)13-9-14(11-15(10-13)23(27)28)21-17(24)16(8-12(2)3)22-19(26)30-20(4,5)6/h9-12,16H,7-8H2,1-6H3,(H,21,24)(H,22,26)/t16-/m0/s1. The Labute approximate surface area is 175 Å². The van der Waals surface area contributed by atoms with E-state index in [0.29, 0.717) is 6.42 Å². The molecule has 0 heterocycles. The molecule has 1 rings (SSSR count). The van der Waals surface area contributed by atoms with Gasteiger partial charge < -0.3 is 20.1 Å². The molecule has 0 bridgehead atoms. The van der Waals surface area contributed by atoms with Crippen molar-refractivity contribution in [3.05, 3.63) is 33.9 Å². The molecule has 0 saturated carbocycles. The second kappa shape index (κ2) is 10.6. The molecule has 1 aromatic carbocycles. The summed E-state index contributed by atoms with van der Waals surface area (Å²) in [5.74, 6) is -1.27. The number of hydrogen-bond acceptors (Lipinski definition) is 7. The van der Waals surface area contributed by atoms with E-state index in [-0.39, 0.29) is 29.5 Å². The maximum atomic E-state index is 12.8. The summed E-state index contributed by atoms with van der Waals surface area (Å²) in [6.07, 6.45) is -0.445. The van der Waals surface area contributed by atoms with E-state index in [1.54, 1.807) is 27.7 Å². The Balaban J connectivity index is 3.10. The molecule has 0 aliphatic heterocycles. The fraction of sp³-hybridized carbons (Fsp3) is 0.550. The first-order valence-electron chi connectivity index (χ1n) is 9.59.